The Morgan fingerprint density at radius 2 is 2.08 bits per heavy atom. The number of hydrogen-bond acceptors (Lipinski definition) is 2. The first-order valence-electron chi connectivity index (χ1n) is 3.60. The van der Waals surface area contributed by atoms with E-state index >= 15 is 0 Å². The Morgan fingerprint density at radius 3 is 2.58 bits per heavy atom. The van der Waals surface area contributed by atoms with Crippen LogP contribution in [-0.2, 0) is 4.84 Å². The molecule has 0 N–H and O–H groups in total. The van der Waals surface area contributed by atoms with Gasteiger partial charge in [-0.3, -0.25) is 0 Å². The predicted molar refractivity (Wildman–Crippen MR) is 53.8 cm³/mol. The number of rotatable bonds is 3. The van der Waals surface area contributed by atoms with Gasteiger partial charge in [0.2, 0.25) is 0 Å². The Morgan fingerprint density at radius 1 is 1.42 bits per heavy atom. The summed E-state index contributed by atoms with van der Waals surface area (Å²) in [6.07, 6.45) is 0. The molecule has 0 saturated heterocycles. The summed E-state index contributed by atoms with van der Waals surface area (Å²) in [5, 5.41) is 4.58. The third kappa shape index (κ3) is 2.34. The molecular weight excluding hydrogens is 218 g/mol. The standard InChI is InChI=1S/C9H10BrNO/c1-12-11-9(7-10)8-5-3-2-4-6-8/h2-6H,7H2,1H3. The van der Waals surface area contributed by atoms with Crippen molar-refractivity contribution in [1.82, 2.24) is 0 Å². The van der Waals surface area contributed by atoms with Gasteiger partial charge < -0.3 is 4.84 Å². The third-order valence-corrected chi connectivity index (χ3v) is 1.97. The molecule has 0 heterocycles. The monoisotopic (exact) mass is 227 g/mol. The van der Waals surface area contributed by atoms with Crippen molar-refractivity contribution in [3.8, 4) is 0 Å². The minimum atomic E-state index is 0.699. The van der Waals surface area contributed by atoms with Crippen LogP contribution in [-0.4, -0.2) is 18.2 Å². The first kappa shape index (κ1) is 9.26. The van der Waals surface area contributed by atoms with Crippen LogP contribution in [0.4, 0.5) is 0 Å². The molecule has 64 valence electrons. The molecule has 0 atom stereocenters. The van der Waals surface area contributed by atoms with E-state index in [4.69, 9.17) is 4.84 Å². The molecule has 0 spiro atoms. The van der Waals surface area contributed by atoms with Crippen LogP contribution in [0, 0.1) is 0 Å². The van der Waals surface area contributed by atoms with Crippen molar-refractivity contribution in [2.75, 3.05) is 12.4 Å². The van der Waals surface area contributed by atoms with E-state index in [1.54, 1.807) is 7.11 Å². The van der Waals surface area contributed by atoms with E-state index < -0.39 is 0 Å². The summed E-state index contributed by atoms with van der Waals surface area (Å²) in [7, 11) is 1.55. The molecule has 0 unspecified atom stereocenters. The van der Waals surface area contributed by atoms with E-state index in [2.05, 4.69) is 21.1 Å². The molecule has 0 saturated carbocycles. The van der Waals surface area contributed by atoms with Crippen LogP contribution in [0.2, 0.25) is 0 Å². The van der Waals surface area contributed by atoms with Gasteiger partial charge in [0.05, 0.1) is 5.71 Å². The van der Waals surface area contributed by atoms with Crippen molar-refractivity contribution >= 4 is 21.6 Å². The Kier molecular flexibility index (Phi) is 3.80. The lowest BCUT2D eigenvalue weighted by Crippen LogP contribution is -2.02. The fourth-order valence-corrected chi connectivity index (χ4v) is 1.32. The van der Waals surface area contributed by atoms with Crippen LogP contribution in [0.25, 0.3) is 0 Å². The van der Waals surface area contributed by atoms with E-state index in [0.29, 0.717) is 5.33 Å². The van der Waals surface area contributed by atoms with Gasteiger partial charge in [-0.1, -0.05) is 51.4 Å². The van der Waals surface area contributed by atoms with Crippen molar-refractivity contribution in [3.05, 3.63) is 35.9 Å². The zero-order chi connectivity index (χ0) is 8.81. The number of benzene rings is 1. The first-order valence-corrected chi connectivity index (χ1v) is 4.72. The number of alkyl halides is 1. The quantitative estimate of drug-likeness (QED) is 0.442. The number of hydrogen-bond donors (Lipinski definition) is 0. The molecule has 0 bridgehead atoms. The Labute approximate surface area is 80.4 Å². The van der Waals surface area contributed by atoms with Crippen LogP contribution in [0.5, 0.6) is 0 Å². The fourth-order valence-electron chi connectivity index (χ4n) is 0.895. The minimum absolute atomic E-state index is 0.699. The van der Waals surface area contributed by atoms with Crippen molar-refractivity contribution in [1.29, 1.82) is 0 Å². The van der Waals surface area contributed by atoms with Crippen LogP contribution in [0.1, 0.15) is 5.56 Å². The van der Waals surface area contributed by atoms with Gasteiger partial charge in [0.25, 0.3) is 0 Å². The molecule has 1 aromatic carbocycles. The van der Waals surface area contributed by atoms with Crippen LogP contribution >= 0.6 is 15.9 Å². The summed E-state index contributed by atoms with van der Waals surface area (Å²) in [6.45, 7) is 0. The molecule has 0 fully saturated rings. The normalized spacial score (nSPS) is 11.3. The number of nitrogens with zero attached hydrogens (tertiary/aromatic N) is 1. The highest BCUT2D eigenvalue weighted by molar-refractivity contribution is 9.09. The molecule has 2 nitrogen and oxygen atoms in total. The van der Waals surface area contributed by atoms with Crippen molar-refractivity contribution in [3.63, 3.8) is 0 Å². The maximum absolute atomic E-state index is 4.71. The molecule has 0 aliphatic carbocycles. The lowest BCUT2D eigenvalue weighted by molar-refractivity contribution is 0.213. The smallest absolute Gasteiger partial charge is 0.106 e. The summed E-state index contributed by atoms with van der Waals surface area (Å²) in [4.78, 5) is 4.71. The first-order chi connectivity index (χ1) is 5.88. The van der Waals surface area contributed by atoms with E-state index in [1.165, 1.54) is 0 Å². The highest BCUT2D eigenvalue weighted by atomic mass is 79.9. The molecule has 0 aliphatic heterocycles. The maximum atomic E-state index is 4.71. The summed E-state index contributed by atoms with van der Waals surface area (Å²) < 4.78 is 0. The molecule has 0 amide bonds. The van der Waals surface area contributed by atoms with Crippen molar-refractivity contribution in [2.24, 2.45) is 5.16 Å². The summed E-state index contributed by atoms with van der Waals surface area (Å²) >= 11 is 3.34. The molecule has 12 heavy (non-hydrogen) atoms. The molecule has 3 heteroatoms. The van der Waals surface area contributed by atoms with Crippen LogP contribution in [0.15, 0.2) is 35.5 Å². The van der Waals surface area contributed by atoms with E-state index in [0.717, 1.165) is 11.3 Å². The second-order valence-electron chi connectivity index (χ2n) is 2.22. The van der Waals surface area contributed by atoms with Crippen LogP contribution in [0.3, 0.4) is 0 Å². The predicted octanol–water partition coefficient (Wildman–Crippen LogP) is 2.43. The summed E-state index contributed by atoms with van der Waals surface area (Å²) in [6, 6.07) is 9.92. The zero-order valence-corrected chi connectivity index (χ0v) is 8.41. The summed E-state index contributed by atoms with van der Waals surface area (Å²) in [5.41, 5.74) is 1.98. The minimum Gasteiger partial charge on any atom is -0.399 e. The fraction of sp³-hybridized carbons (Fsp3) is 0.222. The third-order valence-electron chi connectivity index (χ3n) is 1.44. The van der Waals surface area contributed by atoms with Crippen LogP contribution < -0.4 is 0 Å². The SMILES string of the molecule is CON=C(CBr)c1ccccc1. The summed E-state index contributed by atoms with van der Waals surface area (Å²) in [5.74, 6) is 0. The molecular formula is C9H10BrNO. The highest BCUT2D eigenvalue weighted by Crippen LogP contribution is 2.03. The van der Waals surface area contributed by atoms with Gasteiger partial charge in [0.15, 0.2) is 0 Å². The molecule has 0 aliphatic rings. The molecule has 1 rings (SSSR count). The highest BCUT2D eigenvalue weighted by Gasteiger charge is 1.99. The van der Waals surface area contributed by atoms with Gasteiger partial charge in [-0.25, -0.2) is 0 Å². The topological polar surface area (TPSA) is 21.6 Å². The van der Waals surface area contributed by atoms with Crippen molar-refractivity contribution < 1.29 is 4.84 Å². The van der Waals surface area contributed by atoms with Gasteiger partial charge in [-0.15, -0.1) is 0 Å². The second kappa shape index (κ2) is 4.93. The lowest BCUT2D eigenvalue weighted by Gasteiger charge is -2.00. The van der Waals surface area contributed by atoms with Gasteiger partial charge in [0.1, 0.15) is 7.11 Å². The van der Waals surface area contributed by atoms with Gasteiger partial charge in [0, 0.05) is 10.9 Å². The van der Waals surface area contributed by atoms with Gasteiger partial charge in [-0.2, -0.15) is 0 Å². The number of oxime groups is 1. The largest absolute Gasteiger partial charge is 0.399 e. The van der Waals surface area contributed by atoms with Gasteiger partial charge >= 0.3 is 0 Å². The molecule has 0 aromatic heterocycles. The average Bonchev–Trinajstić information content (AvgIpc) is 2.15. The van der Waals surface area contributed by atoms with Crippen molar-refractivity contribution in [2.45, 2.75) is 0 Å². The molecule has 0 radical (unpaired) electrons. The van der Waals surface area contributed by atoms with E-state index in [9.17, 15) is 0 Å². The second-order valence-corrected chi connectivity index (χ2v) is 2.78. The van der Waals surface area contributed by atoms with E-state index in [1.807, 2.05) is 30.3 Å². The average molecular weight is 228 g/mol. The van der Waals surface area contributed by atoms with Gasteiger partial charge in [-0.05, 0) is 0 Å². The zero-order valence-electron chi connectivity index (χ0n) is 6.83. The maximum Gasteiger partial charge on any atom is 0.106 e. The molecule has 1 aromatic rings. The Balaban J connectivity index is 2.88. The number of halogens is 1. The Hall–Kier alpha value is -0.830. The Bertz CT molecular complexity index is 258. The lowest BCUT2D eigenvalue weighted by atomic mass is 10.1. The van der Waals surface area contributed by atoms with E-state index in [-0.39, 0.29) is 0 Å².